The SMILES string of the molecule is Cc1ccc(Cn2nc(C)c(/C=C/C(=O)N3CCC(C(=O)N4CCOCC4)CC3)c2C)cc1. The Balaban J connectivity index is 1.33. The number of rotatable bonds is 5. The number of amides is 2. The van der Waals surface area contributed by atoms with Crippen molar-refractivity contribution in [3.63, 3.8) is 0 Å². The molecule has 0 saturated carbocycles. The lowest BCUT2D eigenvalue weighted by Crippen LogP contribution is -2.47. The van der Waals surface area contributed by atoms with E-state index in [1.165, 1.54) is 11.1 Å². The number of carbonyl (C=O) groups excluding carboxylic acids is 2. The van der Waals surface area contributed by atoms with E-state index in [-0.39, 0.29) is 17.7 Å². The molecule has 0 spiro atoms. The lowest BCUT2D eigenvalue weighted by molar-refractivity contribution is -0.142. The minimum Gasteiger partial charge on any atom is -0.378 e. The van der Waals surface area contributed by atoms with Crippen molar-refractivity contribution in [2.24, 2.45) is 5.92 Å². The van der Waals surface area contributed by atoms with Crippen molar-refractivity contribution >= 4 is 17.9 Å². The van der Waals surface area contributed by atoms with Crippen molar-refractivity contribution in [2.45, 2.75) is 40.2 Å². The van der Waals surface area contributed by atoms with Crippen LogP contribution in [0.4, 0.5) is 0 Å². The maximum absolute atomic E-state index is 12.8. The van der Waals surface area contributed by atoms with E-state index in [1.54, 1.807) is 6.08 Å². The Morgan fingerprint density at radius 3 is 2.33 bits per heavy atom. The number of hydrogen-bond donors (Lipinski definition) is 0. The smallest absolute Gasteiger partial charge is 0.246 e. The number of nitrogens with zero attached hydrogens (tertiary/aromatic N) is 4. The maximum Gasteiger partial charge on any atom is 0.246 e. The number of piperidine rings is 1. The van der Waals surface area contributed by atoms with Gasteiger partial charge in [0.05, 0.1) is 25.5 Å². The summed E-state index contributed by atoms with van der Waals surface area (Å²) < 4.78 is 7.33. The van der Waals surface area contributed by atoms with Gasteiger partial charge in [0.25, 0.3) is 0 Å². The molecule has 2 amide bonds. The van der Waals surface area contributed by atoms with Crippen LogP contribution in [0.5, 0.6) is 0 Å². The van der Waals surface area contributed by atoms with Crippen LogP contribution < -0.4 is 0 Å². The molecule has 0 atom stereocenters. The van der Waals surface area contributed by atoms with Gasteiger partial charge in [-0.05, 0) is 45.3 Å². The first-order chi connectivity index (χ1) is 15.9. The van der Waals surface area contributed by atoms with Gasteiger partial charge >= 0.3 is 0 Å². The number of carbonyl (C=O) groups is 2. The monoisotopic (exact) mass is 450 g/mol. The summed E-state index contributed by atoms with van der Waals surface area (Å²) in [5.41, 5.74) is 5.40. The highest BCUT2D eigenvalue weighted by molar-refractivity contribution is 5.92. The van der Waals surface area contributed by atoms with E-state index in [1.807, 2.05) is 34.4 Å². The molecule has 2 saturated heterocycles. The van der Waals surface area contributed by atoms with Crippen LogP contribution in [0.1, 0.15) is 40.9 Å². The minimum absolute atomic E-state index is 0.00245. The molecule has 0 bridgehead atoms. The van der Waals surface area contributed by atoms with E-state index >= 15 is 0 Å². The average Bonchev–Trinajstić information content (AvgIpc) is 3.11. The fourth-order valence-electron chi connectivity index (χ4n) is 4.62. The quantitative estimate of drug-likeness (QED) is 0.657. The van der Waals surface area contributed by atoms with Gasteiger partial charge in [0.15, 0.2) is 0 Å². The first-order valence-corrected chi connectivity index (χ1v) is 11.9. The second-order valence-electron chi connectivity index (χ2n) is 9.10. The summed E-state index contributed by atoms with van der Waals surface area (Å²) in [5, 5.41) is 4.68. The number of likely N-dealkylation sites (tertiary alicyclic amines) is 1. The van der Waals surface area contributed by atoms with Crippen LogP contribution in [-0.4, -0.2) is 70.8 Å². The standard InChI is InChI=1S/C26H34N4O3/c1-19-4-6-22(7-5-19)18-30-21(3)24(20(2)27-30)8-9-25(31)28-12-10-23(11-13-28)26(32)29-14-16-33-17-15-29/h4-9,23H,10-18H2,1-3H3/b9-8+. The molecule has 7 nitrogen and oxygen atoms in total. The number of aryl methyl sites for hydroxylation is 2. The average molecular weight is 451 g/mol. The largest absolute Gasteiger partial charge is 0.378 e. The zero-order valence-corrected chi connectivity index (χ0v) is 19.9. The number of aromatic nitrogens is 2. The van der Waals surface area contributed by atoms with E-state index in [4.69, 9.17) is 4.74 Å². The van der Waals surface area contributed by atoms with Crippen molar-refractivity contribution < 1.29 is 14.3 Å². The molecule has 1 aromatic carbocycles. The zero-order valence-electron chi connectivity index (χ0n) is 19.9. The molecule has 1 aromatic heterocycles. The molecular weight excluding hydrogens is 416 g/mol. The maximum atomic E-state index is 12.8. The number of morpholine rings is 1. The molecule has 33 heavy (non-hydrogen) atoms. The minimum atomic E-state index is -0.00245. The van der Waals surface area contributed by atoms with E-state index in [2.05, 4.69) is 36.3 Å². The highest BCUT2D eigenvalue weighted by Gasteiger charge is 2.30. The summed E-state index contributed by atoms with van der Waals surface area (Å²) in [5.74, 6) is 0.228. The topological polar surface area (TPSA) is 67.7 Å². The molecule has 0 aliphatic carbocycles. The van der Waals surface area contributed by atoms with Gasteiger partial charge in [0, 0.05) is 49.4 Å². The van der Waals surface area contributed by atoms with Crippen LogP contribution in [0.2, 0.25) is 0 Å². The summed E-state index contributed by atoms with van der Waals surface area (Å²) in [7, 11) is 0. The fourth-order valence-corrected chi connectivity index (χ4v) is 4.62. The van der Waals surface area contributed by atoms with Crippen molar-refractivity contribution in [3.05, 3.63) is 58.4 Å². The Hall–Kier alpha value is -2.93. The zero-order chi connectivity index (χ0) is 23.4. The molecule has 4 rings (SSSR count). The Kier molecular flexibility index (Phi) is 7.28. The highest BCUT2D eigenvalue weighted by atomic mass is 16.5. The first-order valence-electron chi connectivity index (χ1n) is 11.9. The molecule has 2 aliphatic heterocycles. The van der Waals surface area contributed by atoms with Crippen LogP contribution in [0, 0.1) is 26.7 Å². The third-order valence-electron chi connectivity index (χ3n) is 6.76. The van der Waals surface area contributed by atoms with E-state index < -0.39 is 0 Å². The van der Waals surface area contributed by atoms with Gasteiger partial charge in [-0.1, -0.05) is 29.8 Å². The van der Waals surface area contributed by atoms with Crippen LogP contribution in [0.25, 0.3) is 6.08 Å². The molecule has 176 valence electrons. The Morgan fingerprint density at radius 1 is 1.00 bits per heavy atom. The Morgan fingerprint density at radius 2 is 1.67 bits per heavy atom. The van der Waals surface area contributed by atoms with Gasteiger partial charge < -0.3 is 14.5 Å². The van der Waals surface area contributed by atoms with Gasteiger partial charge in [0.2, 0.25) is 11.8 Å². The van der Waals surface area contributed by atoms with Crippen molar-refractivity contribution in [1.29, 1.82) is 0 Å². The molecule has 7 heteroatoms. The molecular formula is C26H34N4O3. The summed E-state index contributed by atoms with van der Waals surface area (Å²) in [6.45, 7) is 10.6. The van der Waals surface area contributed by atoms with Crippen molar-refractivity contribution in [1.82, 2.24) is 19.6 Å². The molecule has 2 aliphatic rings. The third-order valence-corrected chi connectivity index (χ3v) is 6.76. The first kappa shape index (κ1) is 23.2. The predicted octanol–water partition coefficient (Wildman–Crippen LogP) is 2.97. The van der Waals surface area contributed by atoms with Crippen LogP contribution >= 0.6 is 0 Å². The normalized spacial score (nSPS) is 17.7. The molecule has 3 heterocycles. The molecule has 2 aromatic rings. The second-order valence-corrected chi connectivity index (χ2v) is 9.10. The van der Waals surface area contributed by atoms with Crippen molar-refractivity contribution in [2.75, 3.05) is 39.4 Å². The number of ether oxygens (including phenoxy) is 1. The van der Waals surface area contributed by atoms with Crippen LogP contribution in [0.3, 0.4) is 0 Å². The number of hydrogen-bond acceptors (Lipinski definition) is 4. The molecule has 0 unspecified atom stereocenters. The van der Waals surface area contributed by atoms with Gasteiger partial charge in [0.1, 0.15) is 0 Å². The Labute approximate surface area is 196 Å². The Bertz CT molecular complexity index is 1010. The lowest BCUT2D eigenvalue weighted by Gasteiger charge is -2.35. The summed E-state index contributed by atoms with van der Waals surface area (Å²) in [4.78, 5) is 29.3. The molecule has 0 radical (unpaired) electrons. The summed E-state index contributed by atoms with van der Waals surface area (Å²) in [6.07, 6.45) is 4.98. The number of benzene rings is 1. The summed E-state index contributed by atoms with van der Waals surface area (Å²) in [6, 6.07) is 8.47. The fraction of sp³-hybridized carbons (Fsp3) is 0.500. The van der Waals surface area contributed by atoms with Gasteiger partial charge in [-0.25, -0.2) is 0 Å². The predicted molar refractivity (Wildman–Crippen MR) is 128 cm³/mol. The lowest BCUT2D eigenvalue weighted by atomic mass is 9.95. The second kappa shape index (κ2) is 10.3. The van der Waals surface area contributed by atoms with Gasteiger partial charge in [-0.3, -0.25) is 14.3 Å². The van der Waals surface area contributed by atoms with E-state index in [0.717, 1.165) is 29.8 Å². The summed E-state index contributed by atoms with van der Waals surface area (Å²) >= 11 is 0. The third kappa shape index (κ3) is 5.53. The van der Waals surface area contributed by atoms with E-state index in [9.17, 15) is 9.59 Å². The highest BCUT2D eigenvalue weighted by Crippen LogP contribution is 2.22. The van der Waals surface area contributed by atoms with E-state index in [0.29, 0.717) is 45.9 Å². The van der Waals surface area contributed by atoms with Crippen molar-refractivity contribution in [3.8, 4) is 0 Å². The van der Waals surface area contributed by atoms with Gasteiger partial charge in [-0.15, -0.1) is 0 Å². The van der Waals surface area contributed by atoms with Gasteiger partial charge in [-0.2, -0.15) is 5.10 Å². The molecule has 0 N–H and O–H groups in total. The van der Waals surface area contributed by atoms with Crippen LogP contribution in [0.15, 0.2) is 30.3 Å². The molecule has 2 fully saturated rings. The van der Waals surface area contributed by atoms with Crippen LogP contribution in [-0.2, 0) is 20.9 Å².